The number of esters is 1. The van der Waals surface area contributed by atoms with Crippen LogP contribution in [0.25, 0.3) is 10.2 Å². The van der Waals surface area contributed by atoms with Crippen molar-refractivity contribution in [3.63, 3.8) is 0 Å². The molecule has 0 aliphatic carbocycles. The number of hydrogen-bond donors (Lipinski definition) is 3. The van der Waals surface area contributed by atoms with Crippen LogP contribution in [0.2, 0.25) is 0 Å². The summed E-state index contributed by atoms with van der Waals surface area (Å²) in [6.45, 7) is 3.75. The SMILES string of the molecule is COC(=O)C(NC(=O)C(O)C(O)c1nc2ccccc2s1)c1cc(C)cc(C)c1. The number of aryl methyl sites for hydroxylation is 2. The van der Waals surface area contributed by atoms with Crippen LogP contribution in [0.3, 0.4) is 0 Å². The molecule has 2 aromatic carbocycles. The molecule has 0 spiro atoms. The van der Waals surface area contributed by atoms with Crippen molar-refractivity contribution in [3.8, 4) is 0 Å². The molecule has 0 saturated heterocycles. The fourth-order valence-corrected chi connectivity index (χ4v) is 4.08. The molecule has 1 amide bonds. The number of aliphatic hydroxyl groups excluding tert-OH is 2. The van der Waals surface area contributed by atoms with Gasteiger partial charge >= 0.3 is 5.97 Å². The number of amides is 1. The Bertz CT molecular complexity index is 995. The molecule has 3 N–H and O–H groups in total. The third-order valence-electron chi connectivity index (χ3n) is 4.43. The number of rotatable bonds is 6. The van der Waals surface area contributed by atoms with Crippen molar-refractivity contribution >= 4 is 33.4 Å². The second kappa shape index (κ2) is 8.69. The first-order chi connectivity index (χ1) is 13.8. The van der Waals surface area contributed by atoms with Gasteiger partial charge in [0, 0.05) is 0 Å². The van der Waals surface area contributed by atoms with Crippen LogP contribution in [-0.2, 0) is 14.3 Å². The van der Waals surface area contributed by atoms with Gasteiger partial charge in [-0.1, -0.05) is 41.5 Å². The van der Waals surface area contributed by atoms with Crippen molar-refractivity contribution in [2.24, 2.45) is 0 Å². The van der Waals surface area contributed by atoms with Crippen LogP contribution in [0.15, 0.2) is 42.5 Å². The van der Waals surface area contributed by atoms with E-state index in [1.807, 2.05) is 38.1 Å². The summed E-state index contributed by atoms with van der Waals surface area (Å²) in [5.41, 5.74) is 3.03. The van der Waals surface area contributed by atoms with Gasteiger partial charge in [-0.3, -0.25) is 4.79 Å². The Morgan fingerprint density at radius 2 is 1.76 bits per heavy atom. The molecule has 1 heterocycles. The van der Waals surface area contributed by atoms with E-state index >= 15 is 0 Å². The third-order valence-corrected chi connectivity index (χ3v) is 5.54. The summed E-state index contributed by atoms with van der Waals surface area (Å²) in [4.78, 5) is 29.1. The highest BCUT2D eigenvalue weighted by atomic mass is 32.1. The summed E-state index contributed by atoms with van der Waals surface area (Å²) < 4.78 is 5.63. The lowest BCUT2D eigenvalue weighted by Crippen LogP contribution is -2.43. The molecule has 0 aliphatic heterocycles. The molecule has 3 aromatic rings. The number of carbonyl (C=O) groups is 2. The first-order valence-corrected chi connectivity index (χ1v) is 9.80. The van der Waals surface area contributed by atoms with Crippen molar-refractivity contribution in [1.29, 1.82) is 0 Å². The van der Waals surface area contributed by atoms with Gasteiger partial charge in [-0.25, -0.2) is 9.78 Å². The van der Waals surface area contributed by atoms with Crippen LogP contribution < -0.4 is 5.32 Å². The molecular formula is C21H22N2O5S. The Hall–Kier alpha value is -2.81. The number of fused-ring (bicyclic) bond motifs is 1. The molecule has 0 bridgehead atoms. The minimum absolute atomic E-state index is 0.217. The zero-order valence-corrected chi connectivity index (χ0v) is 17.1. The number of thiazole rings is 1. The lowest BCUT2D eigenvalue weighted by atomic mass is 10.0. The minimum atomic E-state index is -1.80. The Labute approximate surface area is 172 Å². The maximum atomic E-state index is 12.6. The largest absolute Gasteiger partial charge is 0.467 e. The number of nitrogens with zero attached hydrogens (tertiary/aromatic N) is 1. The van der Waals surface area contributed by atoms with Crippen LogP contribution in [0, 0.1) is 13.8 Å². The molecule has 29 heavy (non-hydrogen) atoms. The number of methoxy groups -OCH3 is 1. The van der Waals surface area contributed by atoms with Crippen LogP contribution in [0.4, 0.5) is 0 Å². The normalized spacial score (nSPS) is 14.2. The van der Waals surface area contributed by atoms with Crippen LogP contribution >= 0.6 is 11.3 Å². The molecule has 3 atom stereocenters. The van der Waals surface area contributed by atoms with E-state index < -0.39 is 30.1 Å². The van der Waals surface area contributed by atoms with Gasteiger partial charge in [0.15, 0.2) is 12.1 Å². The number of aliphatic hydroxyl groups is 2. The van der Waals surface area contributed by atoms with Crippen LogP contribution in [0.5, 0.6) is 0 Å². The summed E-state index contributed by atoms with van der Waals surface area (Å²) >= 11 is 1.19. The molecule has 0 radical (unpaired) electrons. The van der Waals surface area contributed by atoms with Gasteiger partial charge in [0.05, 0.1) is 17.3 Å². The van der Waals surface area contributed by atoms with E-state index in [4.69, 9.17) is 4.74 Å². The average molecular weight is 414 g/mol. The fraction of sp³-hybridized carbons (Fsp3) is 0.286. The Morgan fingerprint density at radius 3 is 2.38 bits per heavy atom. The highest BCUT2D eigenvalue weighted by Gasteiger charge is 2.32. The van der Waals surface area contributed by atoms with Gasteiger partial charge in [-0.05, 0) is 31.5 Å². The zero-order valence-electron chi connectivity index (χ0n) is 16.2. The molecule has 3 unspecified atom stereocenters. The van der Waals surface area contributed by atoms with E-state index in [0.29, 0.717) is 11.1 Å². The van der Waals surface area contributed by atoms with Crippen molar-refractivity contribution in [2.45, 2.75) is 32.1 Å². The Balaban J connectivity index is 1.81. The molecule has 1 aromatic heterocycles. The Kier molecular flexibility index (Phi) is 6.26. The van der Waals surface area contributed by atoms with E-state index in [-0.39, 0.29) is 5.01 Å². The third kappa shape index (κ3) is 4.61. The van der Waals surface area contributed by atoms with Crippen LogP contribution in [-0.4, -0.2) is 40.3 Å². The van der Waals surface area contributed by atoms with E-state index in [2.05, 4.69) is 10.3 Å². The summed E-state index contributed by atoms with van der Waals surface area (Å²) in [5.74, 6) is -1.57. The number of ether oxygens (including phenoxy) is 1. The molecule has 3 rings (SSSR count). The van der Waals surface area contributed by atoms with E-state index in [1.165, 1.54) is 18.4 Å². The van der Waals surface area contributed by atoms with Crippen molar-refractivity contribution < 1.29 is 24.5 Å². The van der Waals surface area contributed by atoms with E-state index in [9.17, 15) is 19.8 Å². The molecular weight excluding hydrogens is 392 g/mol. The van der Waals surface area contributed by atoms with Crippen molar-refractivity contribution in [2.75, 3.05) is 7.11 Å². The maximum Gasteiger partial charge on any atom is 0.333 e. The molecule has 152 valence electrons. The lowest BCUT2D eigenvalue weighted by Gasteiger charge is -2.21. The van der Waals surface area contributed by atoms with Gasteiger partial charge < -0.3 is 20.3 Å². The standard InChI is InChI=1S/C21H22N2O5S/c1-11-8-12(2)10-13(9-11)16(21(27)28-3)23-19(26)17(24)18(25)20-22-14-6-4-5-7-15(14)29-20/h4-10,16-18,24-25H,1-3H3,(H,23,26). The summed E-state index contributed by atoms with van der Waals surface area (Å²) in [6, 6.07) is 11.6. The van der Waals surface area contributed by atoms with Gasteiger partial charge in [-0.15, -0.1) is 11.3 Å². The fourth-order valence-electron chi connectivity index (χ4n) is 3.10. The van der Waals surface area contributed by atoms with Crippen LogP contribution in [0.1, 0.15) is 33.8 Å². The van der Waals surface area contributed by atoms with Gasteiger partial charge in [0.1, 0.15) is 11.1 Å². The highest BCUT2D eigenvalue weighted by molar-refractivity contribution is 7.18. The van der Waals surface area contributed by atoms with Gasteiger partial charge in [0.2, 0.25) is 0 Å². The second-order valence-corrected chi connectivity index (χ2v) is 7.86. The topological polar surface area (TPSA) is 109 Å². The summed E-state index contributed by atoms with van der Waals surface area (Å²) in [6.07, 6.45) is -3.32. The highest BCUT2D eigenvalue weighted by Crippen LogP contribution is 2.28. The quantitative estimate of drug-likeness (QED) is 0.534. The monoisotopic (exact) mass is 414 g/mol. The van der Waals surface area contributed by atoms with Gasteiger partial charge in [0.25, 0.3) is 5.91 Å². The zero-order chi connectivity index (χ0) is 21.1. The predicted molar refractivity (Wildman–Crippen MR) is 109 cm³/mol. The number of nitrogens with one attached hydrogen (secondary N) is 1. The van der Waals surface area contributed by atoms with E-state index in [0.717, 1.165) is 15.8 Å². The molecule has 0 fully saturated rings. The lowest BCUT2D eigenvalue weighted by molar-refractivity contribution is -0.148. The van der Waals surface area contributed by atoms with Crippen molar-refractivity contribution in [1.82, 2.24) is 10.3 Å². The molecule has 7 nitrogen and oxygen atoms in total. The average Bonchev–Trinajstić information content (AvgIpc) is 3.13. The predicted octanol–water partition coefficient (Wildman–Crippen LogP) is 2.34. The number of hydrogen-bond acceptors (Lipinski definition) is 7. The minimum Gasteiger partial charge on any atom is -0.467 e. The van der Waals surface area contributed by atoms with Crippen molar-refractivity contribution in [3.05, 3.63) is 64.2 Å². The molecule has 8 heteroatoms. The first-order valence-electron chi connectivity index (χ1n) is 8.98. The molecule has 0 aliphatic rings. The first kappa shape index (κ1) is 20.9. The van der Waals surface area contributed by atoms with Gasteiger partial charge in [-0.2, -0.15) is 0 Å². The summed E-state index contributed by atoms with van der Waals surface area (Å²) in [7, 11) is 1.22. The number of carbonyl (C=O) groups excluding carboxylic acids is 2. The van der Waals surface area contributed by atoms with E-state index in [1.54, 1.807) is 18.2 Å². The number of para-hydroxylation sites is 1. The molecule has 0 saturated carbocycles. The Morgan fingerprint density at radius 1 is 1.10 bits per heavy atom. The summed E-state index contributed by atoms with van der Waals surface area (Å²) in [5, 5.41) is 23.5. The number of benzene rings is 2. The maximum absolute atomic E-state index is 12.6. The smallest absolute Gasteiger partial charge is 0.333 e. The second-order valence-electron chi connectivity index (χ2n) is 6.80. The number of aromatic nitrogens is 1.